The molecule has 2 aromatic rings. The topological polar surface area (TPSA) is 43.4 Å². The maximum atomic E-state index is 12.3. The summed E-state index contributed by atoms with van der Waals surface area (Å²) in [4.78, 5) is 0.129. The average molecular weight is 330 g/mol. The standard InChI is InChI=1S/C19H22O3S/c1-4-5-6-17-9-11-18(12-10-17)16(3)22-23(20,21)19-13-7-15(2)8-14-19/h7-14H,3-6H2,1-2H3. The van der Waals surface area contributed by atoms with Gasteiger partial charge in [0.1, 0.15) is 10.7 Å². The van der Waals surface area contributed by atoms with Crippen molar-refractivity contribution in [1.29, 1.82) is 0 Å². The Labute approximate surface area is 138 Å². The molecular weight excluding hydrogens is 308 g/mol. The summed E-state index contributed by atoms with van der Waals surface area (Å²) < 4.78 is 29.7. The first-order valence-corrected chi connectivity index (χ1v) is 9.12. The lowest BCUT2D eigenvalue weighted by Crippen LogP contribution is -2.05. The third-order valence-electron chi connectivity index (χ3n) is 3.61. The highest BCUT2D eigenvalue weighted by Gasteiger charge is 2.17. The fraction of sp³-hybridized carbons (Fsp3) is 0.263. The smallest absolute Gasteiger partial charge is 0.339 e. The Hall–Kier alpha value is -2.07. The van der Waals surface area contributed by atoms with Gasteiger partial charge in [0.25, 0.3) is 0 Å². The van der Waals surface area contributed by atoms with Crippen LogP contribution >= 0.6 is 0 Å². The Bertz CT molecular complexity index is 757. The molecule has 0 spiro atoms. The highest BCUT2D eigenvalue weighted by atomic mass is 32.2. The number of rotatable bonds is 7. The van der Waals surface area contributed by atoms with Crippen LogP contribution in [0.5, 0.6) is 0 Å². The molecule has 0 amide bonds. The molecule has 0 N–H and O–H groups in total. The van der Waals surface area contributed by atoms with Gasteiger partial charge in [-0.1, -0.05) is 61.9 Å². The Morgan fingerprint density at radius 2 is 1.65 bits per heavy atom. The maximum Gasteiger partial charge on any atom is 0.339 e. The highest BCUT2D eigenvalue weighted by Crippen LogP contribution is 2.22. The van der Waals surface area contributed by atoms with E-state index in [4.69, 9.17) is 4.18 Å². The van der Waals surface area contributed by atoms with Gasteiger partial charge in [-0.15, -0.1) is 0 Å². The van der Waals surface area contributed by atoms with Crippen molar-refractivity contribution in [2.45, 2.75) is 38.0 Å². The summed E-state index contributed by atoms with van der Waals surface area (Å²) >= 11 is 0. The van der Waals surface area contributed by atoms with Gasteiger partial charge in [0.15, 0.2) is 0 Å². The number of aryl methyl sites for hydroxylation is 2. The van der Waals surface area contributed by atoms with E-state index in [0.717, 1.165) is 24.8 Å². The predicted octanol–water partition coefficient (Wildman–Crippen LogP) is 4.71. The van der Waals surface area contributed by atoms with Crippen LogP contribution in [-0.4, -0.2) is 8.42 Å². The van der Waals surface area contributed by atoms with Crippen LogP contribution in [0, 0.1) is 6.92 Å². The van der Waals surface area contributed by atoms with Gasteiger partial charge in [0.05, 0.1) is 0 Å². The van der Waals surface area contributed by atoms with Crippen molar-refractivity contribution in [3.63, 3.8) is 0 Å². The number of unbranched alkanes of at least 4 members (excludes halogenated alkanes) is 1. The van der Waals surface area contributed by atoms with Gasteiger partial charge >= 0.3 is 10.1 Å². The Kier molecular flexibility index (Phi) is 5.61. The monoisotopic (exact) mass is 330 g/mol. The summed E-state index contributed by atoms with van der Waals surface area (Å²) in [7, 11) is -3.85. The molecule has 0 aromatic heterocycles. The van der Waals surface area contributed by atoms with E-state index in [1.54, 1.807) is 12.1 Å². The molecule has 0 bridgehead atoms. The zero-order valence-electron chi connectivity index (χ0n) is 13.6. The molecule has 0 radical (unpaired) electrons. The molecule has 3 nitrogen and oxygen atoms in total. The van der Waals surface area contributed by atoms with Crippen LogP contribution in [0.15, 0.2) is 60.0 Å². The normalized spacial score (nSPS) is 11.2. The minimum atomic E-state index is -3.85. The van der Waals surface area contributed by atoms with E-state index < -0.39 is 10.1 Å². The lowest BCUT2D eigenvalue weighted by atomic mass is 10.1. The predicted molar refractivity (Wildman–Crippen MR) is 93.5 cm³/mol. The molecule has 0 aliphatic heterocycles. The van der Waals surface area contributed by atoms with Gasteiger partial charge in [-0.05, 0) is 37.5 Å². The van der Waals surface area contributed by atoms with Crippen LogP contribution in [0.2, 0.25) is 0 Å². The maximum absolute atomic E-state index is 12.3. The van der Waals surface area contributed by atoms with Gasteiger partial charge in [0.2, 0.25) is 0 Å². The van der Waals surface area contributed by atoms with Crippen LogP contribution in [0.3, 0.4) is 0 Å². The van der Waals surface area contributed by atoms with Crippen molar-refractivity contribution in [2.75, 3.05) is 0 Å². The molecule has 0 heterocycles. The zero-order valence-corrected chi connectivity index (χ0v) is 14.4. The van der Waals surface area contributed by atoms with Gasteiger partial charge in [-0.25, -0.2) is 0 Å². The first-order valence-electron chi connectivity index (χ1n) is 7.72. The lowest BCUT2D eigenvalue weighted by molar-refractivity contribution is 0.464. The second kappa shape index (κ2) is 7.47. The number of hydrogen-bond donors (Lipinski definition) is 0. The Balaban J connectivity index is 2.10. The van der Waals surface area contributed by atoms with E-state index in [-0.39, 0.29) is 10.7 Å². The molecule has 23 heavy (non-hydrogen) atoms. The fourth-order valence-electron chi connectivity index (χ4n) is 2.17. The van der Waals surface area contributed by atoms with Crippen molar-refractivity contribution >= 4 is 15.9 Å². The molecule has 4 heteroatoms. The number of benzene rings is 2. The van der Waals surface area contributed by atoms with Crippen molar-refractivity contribution in [3.05, 3.63) is 71.8 Å². The molecule has 122 valence electrons. The van der Waals surface area contributed by atoms with Crippen LogP contribution in [0.1, 0.15) is 36.5 Å². The fourth-order valence-corrected chi connectivity index (χ4v) is 3.10. The van der Waals surface area contributed by atoms with E-state index >= 15 is 0 Å². The average Bonchev–Trinajstić information content (AvgIpc) is 2.53. The molecule has 0 unspecified atom stereocenters. The highest BCUT2D eigenvalue weighted by molar-refractivity contribution is 7.87. The third-order valence-corrected chi connectivity index (χ3v) is 4.88. The summed E-state index contributed by atoms with van der Waals surface area (Å²) in [5.74, 6) is 0.132. The third kappa shape index (κ3) is 4.70. The molecule has 0 aliphatic carbocycles. The molecule has 0 saturated heterocycles. The summed E-state index contributed by atoms with van der Waals surface area (Å²) in [5.41, 5.74) is 2.89. The molecule has 0 saturated carbocycles. The van der Waals surface area contributed by atoms with E-state index in [2.05, 4.69) is 13.5 Å². The molecular formula is C19H22O3S. The van der Waals surface area contributed by atoms with Crippen LogP contribution in [-0.2, 0) is 20.7 Å². The molecule has 0 aliphatic rings. The quantitative estimate of drug-likeness (QED) is 0.545. The van der Waals surface area contributed by atoms with Crippen molar-refractivity contribution in [2.24, 2.45) is 0 Å². The van der Waals surface area contributed by atoms with Crippen LogP contribution < -0.4 is 0 Å². The molecule has 0 atom stereocenters. The van der Waals surface area contributed by atoms with Gasteiger partial charge in [0, 0.05) is 5.56 Å². The largest absolute Gasteiger partial charge is 0.379 e. The summed E-state index contributed by atoms with van der Waals surface area (Å²) in [6.45, 7) is 7.80. The van der Waals surface area contributed by atoms with Gasteiger partial charge in [-0.3, -0.25) is 0 Å². The van der Waals surface area contributed by atoms with Gasteiger partial charge in [-0.2, -0.15) is 8.42 Å². The molecule has 0 fully saturated rings. The first-order chi connectivity index (χ1) is 10.9. The van der Waals surface area contributed by atoms with E-state index in [1.807, 2.05) is 31.2 Å². The second-order valence-electron chi connectivity index (χ2n) is 5.57. The molecule has 2 rings (SSSR count). The van der Waals surface area contributed by atoms with E-state index in [9.17, 15) is 8.42 Å². The minimum absolute atomic E-state index is 0.129. The van der Waals surface area contributed by atoms with Crippen molar-refractivity contribution in [3.8, 4) is 0 Å². The zero-order chi connectivity index (χ0) is 16.9. The lowest BCUT2D eigenvalue weighted by Gasteiger charge is -2.10. The van der Waals surface area contributed by atoms with E-state index in [1.165, 1.54) is 17.7 Å². The molecule has 2 aromatic carbocycles. The summed E-state index contributed by atoms with van der Waals surface area (Å²) in [6, 6.07) is 14.2. The summed E-state index contributed by atoms with van der Waals surface area (Å²) in [6.07, 6.45) is 3.30. The SMILES string of the molecule is C=C(OS(=O)(=O)c1ccc(C)cc1)c1ccc(CCCC)cc1. The number of hydrogen-bond acceptors (Lipinski definition) is 3. The van der Waals surface area contributed by atoms with Crippen molar-refractivity contribution < 1.29 is 12.6 Å². The first kappa shape index (κ1) is 17.3. The van der Waals surface area contributed by atoms with Crippen LogP contribution in [0.4, 0.5) is 0 Å². The van der Waals surface area contributed by atoms with E-state index in [0.29, 0.717) is 5.56 Å². The Morgan fingerprint density at radius 3 is 2.22 bits per heavy atom. The van der Waals surface area contributed by atoms with Crippen LogP contribution in [0.25, 0.3) is 5.76 Å². The Morgan fingerprint density at radius 1 is 1.04 bits per heavy atom. The van der Waals surface area contributed by atoms with Gasteiger partial charge < -0.3 is 4.18 Å². The second-order valence-corrected chi connectivity index (χ2v) is 7.12. The van der Waals surface area contributed by atoms with Crippen molar-refractivity contribution in [1.82, 2.24) is 0 Å². The summed E-state index contributed by atoms with van der Waals surface area (Å²) in [5, 5.41) is 0. The minimum Gasteiger partial charge on any atom is -0.379 e.